The number of alkyl carbamates (subject to hydrolysis) is 1. The maximum Gasteiger partial charge on any atom is 0.408 e. The molecule has 25 heavy (non-hydrogen) atoms. The number of carbonyl (C=O) groups excluding carboxylic acids is 2. The van der Waals surface area contributed by atoms with Crippen LogP contribution < -0.4 is 5.32 Å². The summed E-state index contributed by atoms with van der Waals surface area (Å²) in [6, 6.07) is 7.16. The van der Waals surface area contributed by atoms with Crippen LogP contribution in [-0.4, -0.2) is 30.3 Å². The van der Waals surface area contributed by atoms with E-state index in [2.05, 4.69) is 15.3 Å². The minimum atomic E-state index is -1.02. The van der Waals surface area contributed by atoms with Crippen molar-refractivity contribution in [2.75, 3.05) is 6.61 Å². The van der Waals surface area contributed by atoms with Crippen molar-refractivity contribution in [3.63, 3.8) is 0 Å². The normalized spacial score (nSPS) is 11.4. The van der Waals surface area contributed by atoms with Crippen LogP contribution >= 0.6 is 0 Å². The molecule has 0 fully saturated rings. The first-order chi connectivity index (χ1) is 11.7. The van der Waals surface area contributed by atoms with Gasteiger partial charge >= 0.3 is 12.1 Å². The SMILES string of the molecule is CC(C)(C)OC(=O)NC(Cc1ccc(N=[N+]=[N-])cc1)C(=O)OCC#N. The molecule has 0 bridgehead atoms. The smallest absolute Gasteiger partial charge is 0.408 e. The molecule has 1 atom stereocenters. The quantitative estimate of drug-likeness (QED) is 0.365. The highest BCUT2D eigenvalue weighted by Crippen LogP contribution is 2.15. The molecule has 0 aliphatic rings. The molecule has 1 amide bonds. The van der Waals surface area contributed by atoms with Crippen molar-refractivity contribution in [3.8, 4) is 6.07 Å². The lowest BCUT2D eigenvalue weighted by atomic mass is 10.1. The molecular formula is C16H19N5O4. The zero-order valence-corrected chi connectivity index (χ0v) is 14.2. The summed E-state index contributed by atoms with van der Waals surface area (Å²) in [5.74, 6) is -0.744. The van der Waals surface area contributed by atoms with Gasteiger partial charge in [0.2, 0.25) is 0 Å². The number of nitrogens with one attached hydrogen (secondary N) is 1. The molecule has 1 rings (SSSR count). The van der Waals surface area contributed by atoms with E-state index in [9.17, 15) is 9.59 Å². The Labute approximate surface area is 145 Å². The Hall–Kier alpha value is -3.24. The minimum Gasteiger partial charge on any atom is -0.449 e. The predicted octanol–water partition coefficient (Wildman–Crippen LogP) is 3.13. The van der Waals surface area contributed by atoms with Crippen LogP contribution in [0.3, 0.4) is 0 Å². The largest absolute Gasteiger partial charge is 0.449 e. The Balaban J connectivity index is 2.86. The molecular weight excluding hydrogens is 326 g/mol. The number of ether oxygens (including phenoxy) is 2. The first kappa shape index (κ1) is 19.8. The van der Waals surface area contributed by atoms with E-state index in [1.807, 2.05) is 0 Å². The number of esters is 1. The van der Waals surface area contributed by atoms with Crippen molar-refractivity contribution in [3.05, 3.63) is 40.3 Å². The monoisotopic (exact) mass is 345 g/mol. The van der Waals surface area contributed by atoms with E-state index in [-0.39, 0.29) is 6.42 Å². The number of hydrogen-bond donors (Lipinski definition) is 1. The zero-order chi connectivity index (χ0) is 18.9. The van der Waals surface area contributed by atoms with E-state index in [1.54, 1.807) is 51.1 Å². The van der Waals surface area contributed by atoms with E-state index in [0.29, 0.717) is 11.3 Å². The van der Waals surface area contributed by atoms with Crippen LogP contribution in [0.2, 0.25) is 0 Å². The number of rotatable bonds is 6. The van der Waals surface area contributed by atoms with Gasteiger partial charge in [-0.3, -0.25) is 0 Å². The van der Waals surface area contributed by atoms with Crippen LogP contribution in [0.4, 0.5) is 10.5 Å². The Morgan fingerprint density at radius 1 is 1.36 bits per heavy atom. The van der Waals surface area contributed by atoms with Gasteiger partial charge in [-0.25, -0.2) is 9.59 Å². The van der Waals surface area contributed by atoms with Crippen molar-refractivity contribution < 1.29 is 19.1 Å². The van der Waals surface area contributed by atoms with Gasteiger partial charge in [0.1, 0.15) is 17.7 Å². The summed E-state index contributed by atoms with van der Waals surface area (Å²) >= 11 is 0. The molecule has 0 heterocycles. The van der Waals surface area contributed by atoms with E-state index in [1.165, 1.54) is 0 Å². The highest BCUT2D eigenvalue weighted by atomic mass is 16.6. The minimum absolute atomic E-state index is 0.125. The maximum atomic E-state index is 12.1. The van der Waals surface area contributed by atoms with Crippen LogP contribution in [0.15, 0.2) is 29.4 Å². The number of hydrogen-bond acceptors (Lipinski definition) is 6. The lowest BCUT2D eigenvalue weighted by molar-refractivity contribution is -0.144. The highest BCUT2D eigenvalue weighted by molar-refractivity contribution is 5.81. The molecule has 1 aromatic carbocycles. The first-order valence-electron chi connectivity index (χ1n) is 7.42. The van der Waals surface area contributed by atoms with E-state index < -0.39 is 30.3 Å². The summed E-state index contributed by atoms with van der Waals surface area (Å²) in [5, 5.41) is 14.4. The Morgan fingerprint density at radius 2 is 2.00 bits per heavy atom. The van der Waals surface area contributed by atoms with Gasteiger partial charge in [-0.15, -0.1) is 0 Å². The Kier molecular flexibility index (Phi) is 7.25. The average molecular weight is 345 g/mol. The second-order valence-electron chi connectivity index (χ2n) is 6.02. The van der Waals surface area contributed by atoms with Gasteiger partial charge in [-0.1, -0.05) is 29.4 Å². The number of carbonyl (C=O) groups is 2. The van der Waals surface area contributed by atoms with Crippen molar-refractivity contribution in [2.24, 2.45) is 5.11 Å². The van der Waals surface area contributed by atoms with Gasteiger partial charge in [0.05, 0.1) is 0 Å². The van der Waals surface area contributed by atoms with Gasteiger partial charge in [-0.05, 0) is 31.9 Å². The van der Waals surface area contributed by atoms with Crippen molar-refractivity contribution in [2.45, 2.75) is 38.8 Å². The third-order valence-electron chi connectivity index (χ3n) is 2.79. The first-order valence-corrected chi connectivity index (χ1v) is 7.42. The van der Waals surface area contributed by atoms with Crippen LogP contribution in [-0.2, 0) is 20.7 Å². The average Bonchev–Trinajstić information content (AvgIpc) is 2.52. The number of amides is 1. The van der Waals surface area contributed by atoms with Gasteiger partial charge in [0, 0.05) is 17.0 Å². The lowest BCUT2D eigenvalue weighted by Crippen LogP contribution is -2.45. The van der Waals surface area contributed by atoms with Crippen LogP contribution in [0.25, 0.3) is 10.4 Å². The fraction of sp³-hybridized carbons (Fsp3) is 0.438. The number of nitriles is 1. The molecule has 9 nitrogen and oxygen atoms in total. The fourth-order valence-electron chi connectivity index (χ4n) is 1.83. The summed E-state index contributed by atoms with van der Waals surface area (Å²) in [6.45, 7) is 4.68. The third-order valence-corrected chi connectivity index (χ3v) is 2.79. The molecule has 1 N–H and O–H groups in total. The van der Waals surface area contributed by atoms with Crippen LogP contribution in [0.5, 0.6) is 0 Å². The molecule has 0 aromatic heterocycles. The molecule has 0 saturated carbocycles. The summed E-state index contributed by atoms with van der Waals surface area (Å²) in [6.07, 6.45) is -0.642. The number of benzene rings is 1. The zero-order valence-electron chi connectivity index (χ0n) is 14.2. The van der Waals surface area contributed by atoms with Gasteiger partial charge in [-0.2, -0.15) is 5.26 Å². The predicted molar refractivity (Wildman–Crippen MR) is 88.7 cm³/mol. The molecule has 0 spiro atoms. The lowest BCUT2D eigenvalue weighted by Gasteiger charge is -2.22. The molecule has 1 aromatic rings. The summed E-state index contributed by atoms with van der Waals surface area (Å²) < 4.78 is 9.92. The Bertz CT molecular complexity index is 697. The Morgan fingerprint density at radius 3 is 2.52 bits per heavy atom. The van der Waals surface area contributed by atoms with E-state index in [4.69, 9.17) is 20.3 Å². The molecule has 9 heteroatoms. The molecule has 0 saturated heterocycles. The number of nitrogens with zero attached hydrogens (tertiary/aromatic N) is 4. The molecule has 1 unspecified atom stereocenters. The summed E-state index contributed by atoms with van der Waals surface area (Å²) in [4.78, 5) is 26.7. The molecule has 0 radical (unpaired) electrons. The molecule has 0 aliphatic carbocycles. The van der Waals surface area contributed by atoms with Crippen molar-refractivity contribution in [1.29, 1.82) is 5.26 Å². The fourth-order valence-corrected chi connectivity index (χ4v) is 1.83. The standard InChI is InChI=1S/C16H19N5O4/c1-16(2,3)25-15(23)19-13(14(22)24-9-8-17)10-11-4-6-12(7-5-11)20-21-18/h4-7,13H,9-10H2,1-3H3,(H,19,23). The molecule has 0 aliphatic heterocycles. The number of azide groups is 1. The van der Waals surface area contributed by atoms with Gasteiger partial charge in [0.15, 0.2) is 6.61 Å². The summed E-state index contributed by atoms with van der Waals surface area (Å²) in [7, 11) is 0. The highest BCUT2D eigenvalue weighted by Gasteiger charge is 2.25. The van der Waals surface area contributed by atoms with E-state index in [0.717, 1.165) is 0 Å². The van der Waals surface area contributed by atoms with Gasteiger partial charge in [0.25, 0.3) is 0 Å². The molecule has 132 valence electrons. The van der Waals surface area contributed by atoms with Crippen LogP contribution in [0, 0.1) is 11.3 Å². The van der Waals surface area contributed by atoms with Gasteiger partial charge < -0.3 is 14.8 Å². The third kappa shape index (κ3) is 7.72. The van der Waals surface area contributed by atoms with Crippen molar-refractivity contribution in [1.82, 2.24) is 5.32 Å². The second-order valence-corrected chi connectivity index (χ2v) is 6.02. The van der Waals surface area contributed by atoms with E-state index >= 15 is 0 Å². The maximum absolute atomic E-state index is 12.1. The topological polar surface area (TPSA) is 137 Å². The van der Waals surface area contributed by atoms with Crippen molar-refractivity contribution >= 4 is 17.7 Å². The van der Waals surface area contributed by atoms with Crippen LogP contribution in [0.1, 0.15) is 26.3 Å². The second kappa shape index (κ2) is 9.15. The summed E-state index contributed by atoms with van der Waals surface area (Å²) in [5.41, 5.74) is 8.80.